The van der Waals surface area contributed by atoms with E-state index in [0.29, 0.717) is 5.54 Å². The predicted octanol–water partition coefficient (Wildman–Crippen LogP) is 2.27. The standard InChI is InChI=1S/C9H15N.ClH/c1-2-6-9(5-1)7-3-4-8-10-9;/h3-4,10H,1-2,5-8H2;1H. The van der Waals surface area contributed by atoms with Crippen LogP contribution in [0.5, 0.6) is 0 Å². The Morgan fingerprint density at radius 3 is 2.36 bits per heavy atom. The van der Waals surface area contributed by atoms with Crippen LogP contribution in [0.15, 0.2) is 12.2 Å². The summed E-state index contributed by atoms with van der Waals surface area (Å²) in [4.78, 5) is 0. The highest BCUT2D eigenvalue weighted by Gasteiger charge is 2.32. The van der Waals surface area contributed by atoms with E-state index in [2.05, 4.69) is 17.5 Å². The van der Waals surface area contributed by atoms with Crippen LogP contribution < -0.4 is 5.32 Å². The normalized spacial score (nSPS) is 26.9. The van der Waals surface area contributed by atoms with Crippen LogP contribution >= 0.6 is 12.4 Å². The Balaban J connectivity index is 0.000000605. The van der Waals surface area contributed by atoms with Gasteiger partial charge in [-0.1, -0.05) is 25.0 Å². The zero-order chi connectivity index (χ0) is 6.86. The van der Waals surface area contributed by atoms with Crippen molar-refractivity contribution in [3.05, 3.63) is 12.2 Å². The van der Waals surface area contributed by atoms with Crippen molar-refractivity contribution in [2.45, 2.75) is 37.6 Å². The van der Waals surface area contributed by atoms with Crippen LogP contribution in [0.25, 0.3) is 0 Å². The lowest BCUT2D eigenvalue weighted by Crippen LogP contribution is -2.44. The molecule has 0 amide bonds. The lowest BCUT2D eigenvalue weighted by molar-refractivity contribution is 0.339. The van der Waals surface area contributed by atoms with Crippen molar-refractivity contribution in [3.8, 4) is 0 Å². The molecule has 2 heteroatoms. The van der Waals surface area contributed by atoms with Crippen LogP contribution in [-0.2, 0) is 0 Å². The summed E-state index contributed by atoms with van der Waals surface area (Å²) in [5, 5.41) is 3.61. The monoisotopic (exact) mass is 173 g/mol. The number of halogens is 1. The van der Waals surface area contributed by atoms with E-state index in [1.165, 1.54) is 32.1 Å². The average Bonchev–Trinajstić information content (AvgIpc) is 2.39. The molecule has 0 radical (unpaired) electrons. The molecular formula is C9H16ClN. The van der Waals surface area contributed by atoms with Gasteiger partial charge in [-0.15, -0.1) is 12.4 Å². The molecule has 11 heavy (non-hydrogen) atoms. The first-order valence-electron chi connectivity index (χ1n) is 4.31. The first-order chi connectivity index (χ1) is 4.91. The zero-order valence-corrected chi connectivity index (χ0v) is 7.62. The molecule has 0 aromatic rings. The summed E-state index contributed by atoms with van der Waals surface area (Å²) in [6.07, 6.45) is 11.5. The molecule has 0 aromatic carbocycles. The molecule has 2 aliphatic rings. The highest BCUT2D eigenvalue weighted by atomic mass is 35.5. The molecule has 1 aliphatic heterocycles. The lowest BCUT2D eigenvalue weighted by Gasteiger charge is -2.31. The van der Waals surface area contributed by atoms with Crippen molar-refractivity contribution in [2.75, 3.05) is 6.54 Å². The SMILES string of the molecule is C1=CCC2(CCCC2)NC1.Cl. The molecule has 0 atom stereocenters. The van der Waals surface area contributed by atoms with Crippen LogP contribution in [0, 0.1) is 0 Å². The van der Waals surface area contributed by atoms with Gasteiger partial charge in [-0.2, -0.15) is 0 Å². The number of rotatable bonds is 0. The minimum absolute atomic E-state index is 0. The molecule has 1 fully saturated rings. The summed E-state index contributed by atoms with van der Waals surface area (Å²) < 4.78 is 0. The fraction of sp³-hybridized carbons (Fsp3) is 0.778. The fourth-order valence-electron chi connectivity index (χ4n) is 2.17. The molecule has 1 nitrogen and oxygen atoms in total. The third-order valence-corrected chi connectivity index (χ3v) is 2.83. The molecule has 64 valence electrons. The third-order valence-electron chi connectivity index (χ3n) is 2.83. The maximum atomic E-state index is 3.61. The first kappa shape index (κ1) is 9.08. The number of hydrogen-bond acceptors (Lipinski definition) is 1. The molecular weight excluding hydrogens is 158 g/mol. The molecule has 1 heterocycles. The van der Waals surface area contributed by atoms with Crippen molar-refractivity contribution in [1.29, 1.82) is 0 Å². The van der Waals surface area contributed by atoms with E-state index < -0.39 is 0 Å². The molecule has 1 saturated carbocycles. The summed E-state index contributed by atoms with van der Waals surface area (Å²) in [7, 11) is 0. The predicted molar refractivity (Wildman–Crippen MR) is 50.2 cm³/mol. The molecule has 1 aliphatic carbocycles. The first-order valence-corrected chi connectivity index (χ1v) is 4.31. The van der Waals surface area contributed by atoms with Gasteiger partial charge in [0.1, 0.15) is 0 Å². The van der Waals surface area contributed by atoms with Crippen LogP contribution in [0.3, 0.4) is 0 Å². The minimum Gasteiger partial charge on any atom is -0.307 e. The van der Waals surface area contributed by atoms with Gasteiger partial charge in [0.25, 0.3) is 0 Å². The molecule has 0 unspecified atom stereocenters. The second-order valence-corrected chi connectivity index (χ2v) is 3.54. The zero-order valence-electron chi connectivity index (χ0n) is 6.81. The van der Waals surface area contributed by atoms with E-state index in [-0.39, 0.29) is 12.4 Å². The second kappa shape index (κ2) is 3.59. The molecule has 1 spiro atoms. The van der Waals surface area contributed by atoms with Gasteiger partial charge in [0.2, 0.25) is 0 Å². The Labute approximate surface area is 74.7 Å². The molecule has 0 saturated heterocycles. The Morgan fingerprint density at radius 2 is 1.82 bits per heavy atom. The summed E-state index contributed by atoms with van der Waals surface area (Å²) in [6.45, 7) is 1.10. The average molecular weight is 174 g/mol. The van der Waals surface area contributed by atoms with Gasteiger partial charge in [-0.25, -0.2) is 0 Å². The van der Waals surface area contributed by atoms with E-state index in [4.69, 9.17) is 0 Å². The molecule has 1 N–H and O–H groups in total. The van der Waals surface area contributed by atoms with Crippen LogP contribution in [0.4, 0.5) is 0 Å². The van der Waals surface area contributed by atoms with Crippen molar-refractivity contribution < 1.29 is 0 Å². The Kier molecular flexibility index (Phi) is 2.97. The fourth-order valence-corrected chi connectivity index (χ4v) is 2.17. The quantitative estimate of drug-likeness (QED) is 0.555. The molecule has 0 bridgehead atoms. The van der Waals surface area contributed by atoms with Crippen LogP contribution in [0.2, 0.25) is 0 Å². The minimum atomic E-state index is 0. The maximum Gasteiger partial charge on any atom is 0.0218 e. The van der Waals surface area contributed by atoms with Gasteiger partial charge in [0.15, 0.2) is 0 Å². The van der Waals surface area contributed by atoms with Gasteiger partial charge in [-0.05, 0) is 19.3 Å². The van der Waals surface area contributed by atoms with Crippen molar-refractivity contribution in [2.24, 2.45) is 0 Å². The third kappa shape index (κ3) is 1.77. The van der Waals surface area contributed by atoms with Crippen LogP contribution in [-0.4, -0.2) is 12.1 Å². The van der Waals surface area contributed by atoms with Gasteiger partial charge >= 0.3 is 0 Å². The lowest BCUT2D eigenvalue weighted by atomic mass is 9.91. The number of hydrogen-bond donors (Lipinski definition) is 1. The van der Waals surface area contributed by atoms with Crippen molar-refractivity contribution >= 4 is 12.4 Å². The largest absolute Gasteiger partial charge is 0.307 e. The Hall–Kier alpha value is -0.0100. The summed E-state index contributed by atoms with van der Waals surface area (Å²) in [5.74, 6) is 0. The topological polar surface area (TPSA) is 12.0 Å². The molecule has 0 aromatic heterocycles. The van der Waals surface area contributed by atoms with E-state index in [1.807, 2.05) is 0 Å². The summed E-state index contributed by atoms with van der Waals surface area (Å²) in [5.41, 5.74) is 0.536. The van der Waals surface area contributed by atoms with E-state index in [9.17, 15) is 0 Å². The van der Waals surface area contributed by atoms with E-state index in [0.717, 1.165) is 6.54 Å². The van der Waals surface area contributed by atoms with E-state index >= 15 is 0 Å². The summed E-state index contributed by atoms with van der Waals surface area (Å²) in [6, 6.07) is 0. The van der Waals surface area contributed by atoms with Gasteiger partial charge in [0, 0.05) is 12.1 Å². The Morgan fingerprint density at radius 1 is 1.09 bits per heavy atom. The van der Waals surface area contributed by atoms with Crippen molar-refractivity contribution in [3.63, 3.8) is 0 Å². The number of nitrogens with one attached hydrogen (secondary N) is 1. The van der Waals surface area contributed by atoms with Gasteiger partial charge in [-0.3, -0.25) is 0 Å². The highest BCUT2D eigenvalue weighted by molar-refractivity contribution is 5.85. The highest BCUT2D eigenvalue weighted by Crippen LogP contribution is 2.33. The second-order valence-electron chi connectivity index (χ2n) is 3.54. The van der Waals surface area contributed by atoms with Gasteiger partial charge in [0.05, 0.1) is 0 Å². The van der Waals surface area contributed by atoms with Crippen LogP contribution in [0.1, 0.15) is 32.1 Å². The Bertz CT molecular complexity index is 148. The summed E-state index contributed by atoms with van der Waals surface area (Å²) >= 11 is 0. The molecule has 2 rings (SSSR count). The van der Waals surface area contributed by atoms with Crippen molar-refractivity contribution in [1.82, 2.24) is 5.32 Å². The maximum absolute atomic E-state index is 3.61. The van der Waals surface area contributed by atoms with E-state index in [1.54, 1.807) is 0 Å². The van der Waals surface area contributed by atoms with Gasteiger partial charge < -0.3 is 5.32 Å². The smallest absolute Gasteiger partial charge is 0.0218 e.